The van der Waals surface area contributed by atoms with Gasteiger partial charge in [-0.2, -0.15) is 0 Å². The Morgan fingerprint density at radius 1 is 0.828 bits per heavy atom. The smallest absolute Gasteiger partial charge is 0.330 e. The lowest BCUT2D eigenvalue weighted by molar-refractivity contribution is -0.139. The molecule has 0 radical (unpaired) electrons. The topological polar surface area (TPSA) is 93.2 Å². The number of ether oxygens (including phenoxy) is 2. The minimum atomic E-state index is -0.538. The van der Waals surface area contributed by atoms with Crippen molar-refractivity contribution in [2.24, 2.45) is 0 Å². The van der Waals surface area contributed by atoms with E-state index in [-0.39, 0.29) is 17.9 Å². The zero-order valence-electron chi connectivity index (χ0n) is 17.6. The number of carbonyl (C=O) groups excluding carboxylic acids is 4. The first-order valence-electron chi connectivity index (χ1n) is 10.2. The fraction of sp³-hybridized carbons (Fsp3) is 0.619. The van der Waals surface area contributed by atoms with Gasteiger partial charge in [0.1, 0.15) is 0 Å². The van der Waals surface area contributed by atoms with E-state index in [1.54, 1.807) is 9.80 Å². The summed E-state index contributed by atoms with van der Waals surface area (Å²) in [5.74, 6) is -1.67. The number of piperazine rings is 1. The molecule has 0 bridgehead atoms. The van der Waals surface area contributed by atoms with Crippen LogP contribution in [0.3, 0.4) is 0 Å². The van der Waals surface area contributed by atoms with E-state index in [0.29, 0.717) is 32.8 Å². The number of carbonyl (C=O) groups is 4. The number of nitrogens with zero attached hydrogens (tertiary/aromatic N) is 2. The van der Waals surface area contributed by atoms with Gasteiger partial charge in [0, 0.05) is 50.0 Å². The highest BCUT2D eigenvalue weighted by Crippen LogP contribution is 2.11. The van der Waals surface area contributed by atoms with Crippen molar-refractivity contribution in [3.8, 4) is 0 Å². The van der Waals surface area contributed by atoms with Gasteiger partial charge in [-0.3, -0.25) is 9.59 Å². The zero-order chi connectivity index (χ0) is 21.6. The molecule has 0 aromatic carbocycles. The van der Waals surface area contributed by atoms with Crippen LogP contribution < -0.4 is 0 Å². The van der Waals surface area contributed by atoms with E-state index in [0.717, 1.165) is 37.8 Å². The van der Waals surface area contributed by atoms with Crippen LogP contribution in [0.1, 0.15) is 46.5 Å². The molecule has 2 amide bonds. The number of esters is 2. The second kappa shape index (κ2) is 13.5. The monoisotopic (exact) mass is 408 g/mol. The third-order valence-electron chi connectivity index (χ3n) is 4.43. The molecular weight excluding hydrogens is 376 g/mol. The molecule has 1 aliphatic heterocycles. The summed E-state index contributed by atoms with van der Waals surface area (Å²) in [6.07, 6.45) is 8.08. The third-order valence-corrected chi connectivity index (χ3v) is 4.43. The van der Waals surface area contributed by atoms with Crippen molar-refractivity contribution < 1.29 is 28.7 Å². The van der Waals surface area contributed by atoms with Crippen LogP contribution >= 0.6 is 0 Å². The lowest BCUT2D eigenvalue weighted by Crippen LogP contribution is -2.54. The van der Waals surface area contributed by atoms with Gasteiger partial charge in [-0.15, -0.1) is 0 Å². The Labute approximate surface area is 172 Å². The molecule has 0 spiro atoms. The largest absolute Gasteiger partial charge is 0.463 e. The summed E-state index contributed by atoms with van der Waals surface area (Å²) in [5.41, 5.74) is 0. The van der Waals surface area contributed by atoms with Gasteiger partial charge >= 0.3 is 11.9 Å². The Kier molecular flexibility index (Phi) is 11.4. The molecule has 0 aromatic rings. The molecule has 1 rings (SSSR count). The van der Waals surface area contributed by atoms with Crippen molar-refractivity contribution in [1.29, 1.82) is 0 Å². The second-order valence-corrected chi connectivity index (χ2v) is 6.87. The molecule has 1 atom stereocenters. The van der Waals surface area contributed by atoms with Gasteiger partial charge in [-0.05, 0) is 19.8 Å². The van der Waals surface area contributed by atoms with Crippen molar-refractivity contribution in [3.05, 3.63) is 24.3 Å². The van der Waals surface area contributed by atoms with Crippen LogP contribution in [0.4, 0.5) is 0 Å². The first-order valence-corrected chi connectivity index (χ1v) is 10.2. The molecule has 29 heavy (non-hydrogen) atoms. The van der Waals surface area contributed by atoms with Gasteiger partial charge in [0.15, 0.2) is 0 Å². The van der Waals surface area contributed by atoms with Crippen LogP contribution in [-0.4, -0.2) is 72.4 Å². The summed E-state index contributed by atoms with van der Waals surface area (Å²) in [5, 5.41) is 0. The molecule has 1 saturated heterocycles. The molecule has 1 heterocycles. The molecule has 162 valence electrons. The van der Waals surface area contributed by atoms with Crippen LogP contribution in [0.15, 0.2) is 24.3 Å². The number of rotatable bonds is 10. The van der Waals surface area contributed by atoms with Gasteiger partial charge in [0.2, 0.25) is 11.8 Å². The average Bonchev–Trinajstić information content (AvgIpc) is 2.70. The van der Waals surface area contributed by atoms with E-state index < -0.39 is 11.9 Å². The number of hydrogen-bond donors (Lipinski definition) is 0. The normalized spacial score (nSPS) is 17.0. The van der Waals surface area contributed by atoms with Crippen molar-refractivity contribution in [2.75, 3.05) is 32.8 Å². The molecule has 0 aromatic heterocycles. The van der Waals surface area contributed by atoms with Gasteiger partial charge in [0.05, 0.1) is 13.2 Å². The molecule has 1 aliphatic rings. The minimum Gasteiger partial charge on any atom is -0.463 e. The summed E-state index contributed by atoms with van der Waals surface area (Å²) in [6.45, 7) is 7.52. The predicted octanol–water partition coefficient (Wildman–Crippen LogP) is 1.84. The van der Waals surface area contributed by atoms with Crippen molar-refractivity contribution in [1.82, 2.24) is 9.80 Å². The number of amides is 2. The first-order chi connectivity index (χ1) is 13.9. The predicted molar refractivity (Wildman–Crippen MR) is 108 cm³/mol. The maximum atomic E-state index is 12.3. The Hall–Kier alpha value is -2.64. The van der Waals surface area contributed by atoms with Crippen LogP contribution in [0, 0.1) is 0 Å². The molecule has 0 saturated carbocycles. The molecule has 0 unspecified atom stereocenters. The highest BCUT2D eigenvalue weighted by molar-refractivity contribution is 5.96. The summed E-state index contributed by atoms with van der Waals surface area (Å²) in [4.78, 5) is 50.8. The standard InChI is InChI=1S/C21H32N2O6/c1-4-6-14-28-20(26)10-8-18(24)22-12-13-23(17(3)16-22)19(25)9-11-21(27)29-15-7-5-2/h8-11,17H,4-7,12-16H2,1-3H3/b10-8-,11-9-/t17-/m1/s1. The van der Waals surface area contributed by atoms with Gasteiger partial charge < -0.3 is 19.3 Å². The highest BCUT2D eigenvalue weighted by Gasteiger charge is 2.28. The van der Waals surface area contributed by atoms with Crippen LogP contribution in [-0.2, 0) is 28.7 Å². The first kappa shape index (κ1) is 24.4. The van der Waals surface area contributed by atoms with Crippen molar-refractivity contribution in [2.45, 2.75) is 52.5 Å². The summed E-state index contributed by atoms with van der Waals surface area (Å²) >= 11 is 0. The highest BCUT2D eigenvalue weighted by atomic mass is 16.5. The van der Waals surface area contributed by atoms with Crippen LogP contribution in [0.2, 0.25) is 0 Å². The quantitative estimate of drug-likeness (QED) is 0.311. The maximum absolute atomic E-state index is 12.3. The van der Waals surface area contributed by atoms with Gasteiger partial charge in [-0.25, -0.2) is 9.59 Å². The number of unbranched alkanes of at least 4 members (excludes halogenated alkanes) is 2. The molecule has 8 nitrogen and oxygen atoms in total. The summed E-state index contributed by atoms with van der Waals surface area (Å²) in [6, 6.07) is -0.217. The Morgan fingerprint density at radius 2 is 1.34 bits per heavy atom. The summed E-state index contributed by atoms with van der Waals surface area (Å²) in [7, 11) is 0. The van der Waals surface area contributed by atoms with Gasteiger partial charge in [0.25, 0.3) is 0 Å². The lowest BCUT2D eigenvalue weighted by Gasteiger charge is -2.39. The molecular formula is C21H32N2O6. The number of hydrogen-bond acceptors (Lipinski definition) is 6. The van der Waals surface area contributed by atoms with E-state index in [2.05, 4.69) is 0 Å². The fourth-order valence-corrected chi connectivity index (χ4v) is 2.70. The average molecular weight is 408 g/mol. The summed E-state index contributed by atoms with van der Waals surface area (Å²) < 4.78 is 9.95. The molecule has 0 aliphatic carbocycles. The van der Waals surface area contributed by atoms with Crippen molar-refractivity contribution >= 4 is 23.8 Å². The zero-order valence-corrected chi connectivity index (χ0v) is 17.6. The Balaban J connectivity index is 2.46. The SMILES string of the molecule is CCCCOC(=O)/C=C\C(=O)N1CCN(C(=O)/C=C\C(=O)OCCCC)[C@H](C)C1. The molecule has 8 heteroatoms. The maximum Gasteiger partial charge on any atom is 0.330 e. The Morgan fingerprint density at radius 3 is 1.83 bits per heavy atom. The fourth-order valence-electron chi connectivity index (χ4n) is 2.70. The third kappa shape index (κ3) is 9.40. The molecule has 0 N–H and O–H groups in total. The van der Waals surface area contributed by atoms with Crippen LogP contribution in [0.25, 0.3) is 0 Å². The Bertz CT molecular complexity index is 629. The second-order valence-electron chi connectivity index (χ2n) is 6.87. The van der Waals surface area contributed by atoms with E-state index in [4.69, 9.17) is 9.47 Å². The van der Waals surface area contributed by atoms with E-state index in [1.807, 2.05) is 20.8 Å². The lowest BCUT2D eigenvalue weighted by atomic mass is 10.1. The van der Waals surface area contributed by atoms with E-state index >= 15 is 0 Å². The van der Waals surface area contributed by atoms with E-state index in [1.165, 1.54) is 12.2 Å². The molecule has 1 fully saturated rings. The van der Waals surface area contributed by atoms with Crippen molar-refractivity contribution in [3.63, 3.8) is 0 Å². The van der Waals surface area contributed by atoms with Crippen LogP contribution in [0.5, 0.6) is 0 Å². The minimum absolute atomic E-state index is 0.217. The van der Waals surface area contributed by atoms with Gasteiger partial charge in [-0.1, -0.05) is 26.7 Å². The van der Waals surface area contributed by atoms with E-state index in [9.17, 15) is 19.2 Å².